The van der Waals surface area contributed by atoms with Crippen molar-refractivity contribution in [3.8, 4) is 11.5 Å². The van der Waals surface area contributed by atoms with Crippen molar-refractivity contribution in [2.45, 2.75) is 32.4 Å². The van der Waals surface area contributed by atoms with E-state index in [1.165, 1.54) is 26.2 Å². The average Bonchev–Trinajstić information content (AvgIpc) is 2.46. The zero-order valence-electron chi connectivity index (χ0n) is 12.4. The Morgan fingerprint density at radius 2 is 2.00 bits per heavy atom. The Morgan fingerprint density at radius 1 is 1.36 bits per heavy atom. The molecule has 0 spiro atoms. The predicted octanol–water partition coefficient (Wildman–Crippen LogP) is 2.28. The van der Waals surface area contributed by atoms with E-state index in [0.717, 1.165) is 6.07 Å². The van der Waals surface area contributed by atoms with Gasteiger partial charge in [-0.3, -0.25) is 4.79 Å². The fourth-order valence-electron chi connectivity index (χ4n) is 1.62. The van der Waals surface area contributed by atoms with Gasteiger partial charge in [0.05, 0.1) is 7.11 Å². The van der Waals surface area contributed by atoms with E-state index in [1.807, 2.05) is 0 Å². The fraction of sp³-hybridized carbons (Fsp3) is 0.429. The first-order chi connectivity index (χ1) is 10.2. The summed E-state index contributed by atoms with van der Waals surface area (Å²) in [5.41, 5.74) is -1.47. The lowest BCUT2D eigenvalue weighted by molar-refractivity contribution is -0.143. The standard InChI is InChI=1S/C14H17F2NO5/c1-4-14(2,12(19)20)17-11(18)8-5-6-9(21-3)10(7-8)22-13(15)16/h5-7,13H,4H2,1-3H3,(H,17,18)(H,19,20). The van der Waals surface area contributed by atoms with Crippen LogP contribution in [0.4, 0.5) is 8.78 Å². The maximum absolute atomic E-state index is 12.3. The number of rotatable bonds is 7. The van der Waals surface area contributed by atoms with E-state index in [4.69, 9.17) is 9.84 Å². The number of carbonyl (C=O) groups excluding carboxylic acids is 1. The van der Waals surface area contributed by atoms with Crippen molar-refractivity contribution >= 4 is 11.9 Å². The summed E-state index contributed by atoms with van der Waals surface area (Å²) < 4.78 is 33.8. The summed E-state index contributed by atoms with van der Waals surface area (Å²) in [6.07, 6.45) is 0.157. The highest BCUT2D eigenvalue weighted by Gasteiger charge is 2.33. The molecule has 0 heterocycles. The third kappa shape index (κ3) is 4.06. The van der Waals surface area contributed by atoms with Crippen molar-refractivity contribution in [1.82, 2.24) is 5.32 Å². The molecule has 1 aromatic carbocycles. The largest absolute Gasteiger partial charge is 0.493 e. The van der Waals surface area contributed by atoms with Crippen LogP contribution >= 0.6 is 0 Å². The number of hydrogen-bond donors (Lipinski definition) is 2. The minimum Gasteiger partial charge on any atom is -0.493 e. The molecular formula is C14H17F2NO5. The zero-order valence-corrected chi connectivity index (χ0v) is 12.4. The van der Waals surface area contributed by atoms with E-state index in [9.17, 15) is 18.4 Å². The van der Waals surface area contributed by atoms with Crippen molar-refractivity contribution in [1.29, 1.82) is 0 Å². The predicted molar refractivity (Wildman–Crippen MR) is 73.4 cm³/mol. The van der Waals surface area contributed by atoms with Gasteiger partial charge in [0.15, 0.2) is 11.5 Å². The Kier molecular flexibility index (Phi) is 5.67. The van der Waals surface area contributed by atoms with Crippen LogP contribution in [0.2, 0.25) is 0 Å². The molecule has 1 aromatic rings. The molecule has 0 saturated heterocycles. The molecule has 8 heteroatoms. The molecule has 22 heavy (non-hydrogen) atoms. The first kappa shape index (κ1) is 17.7. The monoisotopic (exact) mass is 317 g/mol. The number of benzene rings is 1. The molecule has 0 saturated carbocycles. The van der Waals surface area contributed by atoms with Crippen LogP contribution in [0.15, 0.2) is 18.2 Å². The molecule has 1 atom stereocenters. The highest BCUT2D eigenvalue weighted by molar-refractivity contribution is 5.98. The number of carboxylic acid groups (broad SMARTS) is 1. The molecule has 0 bridgehead atoms. The van der Waals surface area contributed by atoms with Crippen molar-refractivity contribution < 1.29 is 33.0 Å². The maximum Gasteiger partial charge on any atom is 0.387 e. The van der Waals surface area contributed by atoms with Gasteiger partial charge in [0.2, 0.25) is 0 Å². The summed E-state index contributed by atoms with van der Waals surface area (Å²) in [4.78, 5) is 23.3. The molecule has 2 N–H and O–H groups in total. The highest BCUT2D eigenvalue weighted by atomic mass is 19.3. The smallest absolute Gasteiger partial charge is 0.387 e. The molecule has 1 unspecified atom stereocenters. The van der Waals surface area contributed by atoms with Gasteiger partial charge in [0.1, 0.15) is 5.54 Å². The van der Waals surface area contributed by atoms with Gasteiger partial charge in [-0.15, -0.1) is 0 Å². The van der Waals surface area contributed by atoms with Crippen molar-refractivity contribution in [3.05, 3.63) is 23.8 Å². The minimum absolute atomic E-state index is 0.0163. The molecule has 0 aliphatic rings. The number of alkyl halides is 2. The minimum atomic E-state index is -3.08. The molecule has 1 amide bonds. The molecule has 0 aliphatic heterocycles. The molecule has 0 aliphatic carbocycles. The summed E-state index contributed by atoms with van der Waals surface area (Å²) in [6, 6.07) is 3.68. The summed E-state index contributed by atoms with van der Waals surface area (Å²) in [5.74, 6) is -2.18. The van der Waals surface area contributed by atoms with Gasteiger partial charge in [-0.1, -0.05) is 6.92 Å². The number of halogens is 2. The van der Waals surface area contributed by atoms with Gasteiger partial charge < -0.3 is 19.9 Å². The SMILES string of the molecule is CCC(C)(NC(=O)c1ccc(OC)c(OC(F)F)c1)C(=O)O. The third-order valence-corrected chi connectivity index (χ3v) is 3.21. The number of amides is 1. The van der Waals surface area contributed by atoms with Crippen LogP contribution in [0.5, 0.6) is 11.5 Å². The van der Waals surface area contributed by atoms with Crippen LogP contribution in [-0.4, -0.2) is 36.2 Å². The number of nitrogens with one attached hydrogen (secondary N) is 1. The molecular weight excluding hydrogens is 300 g/mol. The summed E-state index contributed by atoms with van der Waals surface area (Å²) in [7, 11) is 1.27. The Hall–Kier alpha value is -2.38. The Morgan fingerprint density at radius 3 is 2.45 bits per heavy atom. The maximum atomic E-state index is 12.3. The van der Waals surface area contributed by atoms with E-state index < -0.39 is 24.0 Å². The van der Waals surface area contributed by atoms with E-state index in [0.29, 0.717) is 0 Å². The van der Waals surface area contributed by atoms with E-state index in [2.05, 4.69) is 10.1 Å². The molecule has 122 valence electrons. The second-order valence-electron chi connectivity index (χ2n) is 4.69. The lowest BCUT2D eigenvalue weighted by Gasteiger charge is -2.24. The Bertz CT molecular complexity index is 564. The second-order valence-corrected chi connectivity index (χ2v) is 4.69. The van der Waals surface area contributed by atoms with Gasteiger partial charge in [-0.2, -0.15) is 8.78 Å². The average molecular weight is 317 g/mol. The lowest BCUT2D eigenvalue weighted by atomic mass is 9.98. The van der Waals surface area contributed by atoms with Crippen LogP contribution in [0.25, 0.3) is 0 Å². The molecule has 1 rings (SSSR count). The number of methoxy groups -OCH3 is 1. The number of carboxylic acids is 1. The molecule has 0 radical (unpaired) electrons. The number of aliphatic carboxylic acids is 1. The van der Waals surface area contributed by atoms with Crippen molar-refractivity contribution in [2.75, 3.05) is 7.11 Å². The fourth-order valence-corrected chi connectivity index (χ4v) is 1.62. The number of ether oxygens (including phenoxy) is 2. The van der Waals surface area contributed by atoms with Crippen molar-refractivity contribution in [3.63, 3.8) is 0 Å². The van der Waals surface area contributed by atoms with Crippen molar-refractivity contribution in [2.24, 2.45) is 0 Å². The van der Waals surface area contributed by atoms with Crippen LogP contribution in [0, 0.1) is 0 Å². The van der Waals surface area contributed by atoms with E-state index in [1.54, 1.807) is 6.92 Å². The Labute approximate surface area is 126 Å². The van der Waals surface area contributed by atoms with E-state index >= 15 is 0 Å². The van der Waals surface area contributed by atoms with Gasteiger partial charge in [0, 0.05) is 5.56 Å². The third-order valence-electron chi connectivity index (χ3n) is 3.21. The van der Waals surface area contributed by atoms with Crippen LogP contribution in [0.1, 0.15) is 30.6 Å². The highest BCUT2D eigenvalue weighted by Crippen LogP contribution is 2.29. The molecule has 0 fully saturated rings. The molecule has 6 nitrogen and oxygen atoms in total. The normalized spacial score (nSPS) is 13.4. The summed E-state index contributed by atoms with van der Waals surface area (Å²) >= 11 is 0. The quantitative estimate of drug-likeness (QED) is 0.806. The van der Waals surface area contributed by atoms with Gasteiger partial charge >= 0.3 is 12.6 Å². The van der Waals surface area contributed by atoms with Gasteiger partial charge in [-0.25, -0.2) is 4.79 Å². The summed E-state index contributed by atoms with van der Waals surface area (Å²) in [6.45, 7) is -0.117. The number of carbonyl (C=O) groups is 2. The first-order valence-corrected chi connectivity index (χ1v) is 6.42. The van der Waals surface area contributed by atoms with Gasteiger partial charge in [-0.05, 0) is 31.5 Å². The van der Waals surface area contributed by atoms with Crippen LogP contribution < -0.4 is 14.8 Å². The van der Waals surface area contributed by atoms with Gasteiger partial charge in [0.25, 0.3) is 5.91 Å². The second kappa shape index (κ2) is 7.06. The zero-order chi connectivity index (χ0) is 16.9. The molecule has 0 aromatic heterocycles. The number of hydrogen-bond acceptors (Lipinski definition) is 4. The van der Waals surface area contributed by atoms with E-state index in [-0.39, 0.29) is 23.5 Å². The van der Waals surface area contributed by atoms with Crippen LogP contribution in [0.3, 0.4) is 0 Å². The first-order valence-electron chi connectivity index (χ1n) is 6.42. The topological polar surface area (TPSA) is 84.9 Å². The lowest BCUT2D eigenvalue weighted by Crippen LogP contribution is -2.51. The van der Waals surface area contributed by atoms with Crippen LogP contribution in [-0.2, 0) is 4.79 Å². The summed E-state index contributed by atoms with van der Waals surface area (Å²) in [5, 5.41) is 11.5. The Balaban J connectivity index is 3.06.